The molecule has 1 aromatic carbocycles. The molecule has 0 bridgehead atoms. The Labute approximate surface area is 100 Å². The van der Waals surface area contributed by atoms with Crippen molar-refractivity contribution in [2.24, 2.45) is 5.73 Å². The highest BCUT2D eigenvalue weighted by molar-refractivity contribution is 5.24. The maximum Gasteiger partial charge on any atom is 0.265 e. The van der Waals surface area contributed by atoms with Crippen LogP contribution in [0.5, 0.6) is 0 Å². The first-order valence-electron chi connectivity index (χ1n) is 5.47. The second kappa shape index (κ2) is 4.97. The van der Waals surface area contributed by atoms with Crippen molar-refractivity contribution in [3.8, 4) is 0 Å². The predicted octanol–water partition coefficient (Wildman–Crippen LogP) is 1.38. The number of aromatic nitrogens is 2. The Hall–Kier alpha value is -1.88. The molecule has 0 aliphatic carbocycles. The van der Waals surface area contributed by atoms with E-state index < -0.39 is 0 Å². The van der Waals surface area contributed by atoms with Gasteiger partial charge >= 0.3 is 0 Å². The van der Waals surface area contributed by atoms with Crippen molar-refractivity contribution in [1.82, 2.24) is 10.1 Å². The zero-order chi connectivity index (χ0) is 12.3. The number of hydrogen-bond donors (Lipinski definition) is 1. The lowest BCUT2D eigenvalue weighted by molar-refractivity contribution is 0.354. The minimum Gasteiger partial charge on any atom is -0.344 e. The quantitative estimate of drug-likeness (QED) is 0.862. The minimum absolute atomic E-state index is 0.265. The van der Waals surface area contributed by atoms with Gasteiger partial charge in [0.1, 0.15) is 0 Å². The summed E-state index contributed by atoms with van der Waals surface area (Å²) >= 11 is 0. The van der Waals surface area contributed by atoms with E-state index in [-0.39, 0.29) is 6.04 Å². The Morgan fingerprint density at radius 2 is 2.00 bits per heavy atom. The smallest absolute Gasteiger partial charge is 0.265 e. The zero-order valence-electron chi connectivity index (χ0n) is 10.00. The fourth-order valence-corrected chi connectivity index (χ4v) is 1.51. The Morgan fingerprint density at radius 3 is 2.59 bits per heavy atom. The zero-order valence-corrected chi connectivity index (χ0v) is 10.00. The van der Waals surface area contributed by atoms with E-state index in [1.54, 1.807) is 4.90 Å². The molecule has 0 spiro atoms. The van der Waals surface area contributed by atoms with Crippen molar-refractivity contribution in [3.05, 3.63) is 41.8 Å². The third-order valence-corrected chi connectivity index (χ3v) is 2.45. The SMILES string of the molecule is CN(C)c1noc(C(N)Cc2ccccc2)n1. The van der Waals surface area contributed by atoms with E-state index >= 15 is 0 Å². The maximum absolute atomic E-state index is 6.03. The summed E-state index contributed by atoms with van der Waals surface area (Å²) < 4.78 is 5.13. The molecule has 0 amide bonds. The monoisotopic (exact) mass is 232 g/mol. The van der Waals surface area contributed by atoms with E-state index in [4.69, 9.17) is 10.3 Å². The second-order valence-corrected chi connectivity index (χ2v) is 4.12. The summed E-state index contributed by atoms with van der Waals surface area (Å²) in [5.41, 5.74) is 7.18. The molecule has 2 N–H and O–H groups in total. The van der Waals surface area contributed by atoms with Crippen LogP contribution < -0.4 is 10.6 Å². The molecule has 17 heavy (non-hydrogen) atoms. The van der Waals surface area contributed by atoms with Crippen molar-refractivity contribution in [1.29, 1.82) is 0 Å². The van der Waals surface area contributed by atoms with Gasteiger partial charge in [0.15, 0.2) is 0 Å². The first-order chi connectivity index (χ1) is 8.16. The predicted molar refractivity (Wildman–Crippen MR) is 65.7 cm³/mol. The van der Waals surface area contributed by atoms with Crippen molar-refractivity contribution in [3.63, 3.8) is 0 Å². The molecule has 0 radical (unpaired) electrons. The van der Waals surface area contributed by atoms with Crippen LogP contribution in [0.15, 0.2) is 34.9 Å². The molecule has 1 unspecified atom stereocenters. The summed E-state index contributed by atoms with van der Waals surface area (Å²) in [5, 5.41) is 3.84. The molecule has 5 nitrogen and oxygen atoms in total. The molecule has 0 saturated heterocycles. The van der Waals surface area contributed by atoms with Gasteiger partial charge in [-0.3, -0.25) is 0 Å². The molecule has 0 aliphatic heterocycles. The normalized spacial score (nSPS) is 12.4. The van der Waals surface area contributed by atoms with Gasteiger partial charge in [0.05, 0.1) is 6.04 Å². The topological polar surface area (TPSA) is 68.2 Å². The lowest BCUT2D eigenvalue weighted by Gasteiger charge is -2.06. The van der Waals surface area contributed by atoms with Crippen molar-refractivity contribution in [2.45, 2.75) is 12.5 Å². The Balaban J connectivity index is 2.07. The van der Waals surface area contributed by atoms with Gasteiger partial charge in [-0.2, -0.15) is 4.98 Å². The van der Waals surface area contributed by atoms with Gasteiger partial charge in [-0.15, -0.1) is 0 Å². The van der Waals surface area contributed by atoms with Crippen molar-refractivity contribution < 1.29 is 4.52 Å². The van der Waals surface area contributed by atoms with E-state index in [1.165, 1.54) is 0 Å². The van der Waals surface area contributed by atoms with Gasteiger partial charge in [0.2, 0.25) is 5.89 Å². The van der Waals surface area contributed by atoms with Crippen LogP contribution in [-0.2, 0) is 6.42 Å². The molecule has 1 atom stereocenters. The molecular formula is C12H16N4O. The van der Waals surface area contributed by atoms with Gasteiger partial charge in [-0.1, -0.05) is 30.3 Å². The van der Waals surface area contributed by atoms with E-state index in [2.05, 4.69) is 10.1 Å². The largest absolute Gasteiger partial charge is 0.344 e. The Kier molecular flexibility index (Phi) is 3.39. The molecule has 2 rings (SSSR count). The number of benzene rings is 1. The molecule has 1 heterocycles. The van der Waals surface area contributed by atoms with Crippen molar-refractivity contribution in [2.75, 3.05) is 19.0 Å². The van der Waals surface area contributed by atoms with Gasteiger partial charge in [0.25, 0.3) is 5.95 Å². The third kappa shape index (κ3) is 2.82. The molecular weight excluding hydrogens is 216 g/mol. The molecule has 0 fully saturated rings. The van der Waals surface area contributed by atoms with Crippen LogP contribution in [-0.4, -0.2) is 24.2 Å². The van der Waals surface area contributed by atoms with Crippen LogP contribution in [0, 0.1) is 0 Å². The lowest BCUT2D eigenvalue weighted by Crippen LogP contribution is -2.15. The fourth-order valence-electron chi connectivity index (χ4n) is 1.51. The molecule has 1 aromatic heterocycles. The highest BCUT2D eigenvalue weighted by Gasteiger charge is 2.15. The average Bonchev–Trinajstić information content (AvgIpc) is 2.79. The molecule has 0 aliphatic rings. The Bertz CT molecular complexity index is 466. The lowest BCUT2D eigenvalue weighted by atomic mass is 10.1. The average molecular weight is 232 g/mol. The fraction of sp³-hybridized carbons (Fsp3) is 0.333. The number of anilines is 1. The van der Waals surface area contributed by atoms with Crippen molar-refractivity contribution >= 4 is 5.95 Å². The van der Waals surface area contributed by atoms with Crippen LogP contribution in [0.4, 0.5) is 5.95 Å². The van der Waals surface area contributed by atoms with Crippen LogP contribution in [0.3, 0.4) is 0 Å². The summed E-state index contributed by atoms with van der Waals surface area (Å²) in [4.78, 5) is 6.01. The first-order valence-corrected chi connectivity index (χ1v) is 5.47. The minimum atomic E-state index is -0.265. The summed E-state index contributed by atoms with van der Waals surface area (Å²) in [7, 11) is 3.72. The Morgan fingerprint density at radius 1 is 1.29 bits per heavy atom. The number of nitrogens with zero attached hydrogens (tertiary/aromatic N) is 3. The summed E-state index contributed by atoms with van der Waals surface area (Å²) in [6.07, 6.45) is 0.690. The molecule has 2 aromatic rings. The summed E-state index contributed by atoms with van der Waals surface area (Å²) in [6, 6.07) is 9.75. The molecule has 90 valence electrons. The van der Waals surface area contributed by atoms with Crippen LogP contribution >= 0.6 is 0 Å². The standard InChI is InChI=1S/C12H16N4O/c1-16(2)12-14-11(17-15-12)10(13)8-9-6-4-3-5-7-9/h3-7,10H,8,13H2,1-2H3. The number of hydrogen-bond acceptors (Lipinski definition) is 5. The first kappa shape index (κ1) is 11.6. The van der Waals surface area contributed by atoms with E-state index in [9.17, 15) is 0 Å². The van der Waals surface area contributed by atoms with Gasteiger partial charge < -0.3 is 15.2 Å². The number of nitrogens with two attached hydrogens (primary N) is 1. The van der Waals surface area contributed by atoms with Crippen LogP contribution in [0.1, 0.15) is 17.5 Å². The van der Waals surface area contributed by atoms with E-state index in [1.807, 2.05) is 44.4 Å². The summed E-state index contributed by atoms with van der Waals surface area (Å²) in [6.45, 7) is 0. The van der Waals surface area contributed by atoms with E-state index in [0.29, 0.717) is 18.3 Å². The van der Waals surface area contributed by atoms with Gasteiger partial charge in [0, 0.05) is 14.1 Å². The van der Waals surface area contributed by atoms with Gasteiger partial charge in [-0.25, -0.2) is 0 Å². The van der Waals surface area contributed by atoms with E-state index in [0.717, 1.165) is 5.56 Å². The summed E-state index contributed by atoms with van der Waals surface area (Å²) in [5.74, 6) is 1.01. The highest BCUT2D eigenvalue weighted by Crippen LogP contribution is 2.16. The third-order valence-electron chi connectivity index (χ3n) is 2.45. The maximum atomic E-state index is 6.03. The molecule has 5 heteroatoms. The van der Waals surface area contributed by atoms with Crippen LogP contribution in [0.2, 0.25) is 0 Å². The van der Waals surface area contributed by atoms with Crippen LogP contribution in [0.25, 0.3) is 0 Å². The highest BCUT2D eigenvalue weighted by atomic mass is 16.5. The molecule has 0 saturated carbocycles. The van der Waals surface area contributed by atoms with Gasteiger partial charge in [-0.05, 0) is 17.1 Å². The second-order valence-electron chi connectivity index (χ2n) is 4.12. The number of rotatable bonds is 4.